The normalized spacial score (nSPS) is 12.1. The number of ether oxygens (including phenoxy) is 2. The second kappa shape index (κ2) is 9.09. The molecule has 0 aliphatic heterocycles. The molecule has 28 heavy (non-hydrogen) atoms. The molecule has 3 rings (SSSR count). The molecule has 1 heterocycles. The second-order valence-corrected chi connectivity index (χ2v) is 8.14. The predicted octanol–water partition coefficient (Wildman–Crippen LogP) is 5.18. The molecule has 0 radical (unpaired) electrons. The Kier molecular flexibility index (Phi) is 6.78. The molecule has 0 spiro atoms. The van der Waals surface area contributed by atoms with Gasteiger partial charge < -0.3 is 14.0 Å². The highest BCUT2D eigenvalue weighted by molar-refractivity contribution is 7.16. The number of hydrogen-bond donors (Lipinski definition) is 0. The molecule has 1 aromatic heterocycles. The Morgan fingerprint density at radius 1 is 1.18 bits per heavy atom. The van der Waals surface area contributed by atoms with Crippen molar-refractivity contribution in [3.05, 3.63) is 56.8 Å². The molecule has 0 atom stereocenters. The van der Waals surface area contributed by atoms with Crippen molar-refractivity contribution < 1.29 is 14.3 Å². The Bertz CT molecular complexity index is 1060. The highest BCUT2D eigenvalue weighted by Crippen LogP contribution is 2.32. The minimum absolute atomic E-state index is 0.0705. The van der Waals surface area contributed by atoms with Crippen LogP contribution in [-0.4, -0.2) is 30.3 Å². The number of rotatable bonds is 6. The SMILES string of the molecule is COCCn1c(=NC(=O)c2ccc(OC(C)C)cc2)sc2ccc(Cl)c(Cl)c21. The zero-order valence-electron chi connectivity index (χ0n) is 15.7. The van der Waals surface area contributed by atoms with Gasteiger partial charge in [-0.05, 0) is 50.2 Å². The molecule has 5 nitrogen and oxygen atoms in total. The first-order valence-electron chi connectivity index (χ1n) is 8.72. The standard InChI is InChI=1S/C20H20Cl2N2O3S/c1-12(2)27-14-6-4-13(5-7-14)19(25)23-20-24(10-11-26-3)18-16(28-20)9-8-15(21)17(18)22/h4-9,12H,10-11H2,1-3H3. The third-order valence-electron chi connectivity index (χ3n) is 3.92. The van der Waals surface area contributed by atoms with E-state index in [9.17, 15) is 4.79 Å². The number of nitrogens with zero attached hydrogens (tertiary/aromatic N) is 2. The minimum Gasteiger partial charge on any atom is -0.491 e. The van der Waals surface area contributed by atoms with E-state index >= 15 is 0 Å². The molecule has 3 aromatic rings. The first-order chi connectivity index (χ1) is 13.4. The van der Waals surface area contributed by atoms with Crippen molar-refractivity contribution in [1.82, 2.24) is 4.57 Å². The number of thiazole rings is 1. The summed E-state index contributed by atoms with van der Waals surface area (Å²) in [5, 5.41) is 0.896. The lowest BCUT2D eigenvalue weighted by Crippen LogP contribution is -2.19. The molecule has 0 bridgehead atoms. The van der Waals surface area contributed by atoms with Gasteiger partial charge in [0.2, 0.25) is 0 Å². The first kappa shape index (κ1) is 20.9. The van der Waals surface area contributed by atoms with E-state index in [-0.39, 0.29) is 12.0 Å². The van der Waals surface area contributed by atoms with Crippen LogP contribution in [-0.2, 0) is 11.3 Å². The Labute approximate surface area is 177 Å². The van der Waals surface area contributed by atoms with E-state index in [0.717, 1.165) is 10.2 Å². The summed E-state index contributed by atoms with van der Waals surface area (Å²) in [4.78, 5) is 17.6. The van der Waals surface area contributed by atoms with Gasteiger partial charge in [0, 0.05) is 19.2 Å². The van der Waals surface area contributed by atoms with Crippen LogP contribution in [0.15, 0.2) is 41.4 Å². The van der Waals surface area contributed by atoms with Crippen LogP contribution in [0.4, 0.5) is 0 Å². The number of amides is 1. The third-order valence-corrected chi connectivity index (χ3v) is 5.76. The number of carbonyl (C=O) groups excluding carboxylic acids is 1. The lowest BCUT2D eigenvalue weighted by molar-refractivity contribution is 0.0997. The summed E-state index contributed by atoms with van der Waals surface area (Å²) in [6.07, 6.45) is 0.0705. The zero-order valence-corrected chi connectivity index (χ0v) is 18.1. The topological polar surface area (TPSA) is 52.8 Å². The molecule has 8 heteroatoms. The lowest BCUT2D eigenvalue weighted by Gasteiger charge is -2.09. The summed E-state index contributed by atoms with van der Waals surface area (Å²) < 4.78 is 13.6. The van der Waals surface area contributed by atoms with Crippen LogP contribution in [0.2, 0.25) is 10.0 Å². The van der Waals surface area contributed by atoms with E-state index in [4.69, 9.17) is 32.7 Å². The lowest BCUT2D eigenvalue weighted by atomic mass is 10.2. The van der Waals surface area contributed by atoms with Crippen molar-refractivity contribution in [2.75, 3.05) is 13.7 Å². The zero-order chi connectivity index (χ0) is 20.3. The highest BCUT2D eigenvalue weighted by Gasteiger charge is 2.14. The number of fused-ring (bicyclic) bond motifs is 1. The molecule has 0 aliphatic rings. The third kappa shape index (κ3) is 4.58. The number of methoxy groups -OCH3 is 1. The molecule has 1 amide bonds. The van der Waals surface area contributed by atoms with E-state index in [1.54, 1.807) is 37.4 Å². The molecule has 0 fully saturated rings. The fourth-order valence-electron chi connectivity index (χ4n) is 2.68. The number of carbonyl (C=O) groups is 1. The summed E-state index contributed by atoms with van der Waals surface area (Å²) in [5.41, 5.74) is 1.24. The van der Waals surface area contributed by atoms with Crippen molar-refractivity contribution in [1.29, 1.82) is 0 Å². The van der Waals surface area contributed by atoms with E-state index in [2.05, 4.69) is 4.99 Å². The Morgan fingerprint density at radius 2 is 1.89 bits per heavy atom. The summed E-state index contributed by atoms with van der Waals surface area (Å²) in [5.74, 6) is 0.376. The summed E-state index contributed by atoms with van der Waals surface area (Å²) >= 11 is 14.0. The van der Waals surface area contributed by atoms with Crippen LogP contribution < -0.4 is 9.54 Å². The Balaban J connectivity index is 2.02. The Hall–Kier alpha value is -1.86. The van der Waals surface area contributed by atoms with E-state index < -0.39 is 0 Å². The van der Waals surface area contributed by atoms with Crippen molar-refractivity contribution >= 4 is 50.7 Å². The summed E-state index contributed by atoms with van der Waals surface area (Å²) in [7, 11) is 1.62. The van der Waals surface area contributed by atoms with Gasteiger partial charge in [0.25, 0.3) is 5.91 Å². The maximum Gasteiger partial charge on any atom is 0.279 e. The summed E-state index contributed by atoms with van der Waals surface area (Å²) in [6, 6.07) is 10.6. The first-order valence-corrected chi connectivity index (χ1v) is 10.3. The molecule has 0 aliphatic carbocycles. The molecule has 0 saturated heterocycles. The van der Waals surface area contributed by atoms with Crippen LogP contribution in [0, 0.1) is 0 Å². The van der Waals surface area contributed by atoms with Gasteiger partial charge >= 0.3 is 0 Å². The van der Waals surface area contributed by atoms with E-state index in [1.165, 1.54) is 11.3 Å². The van der Waals surface area contributed by atoms with Crippen LogP contribution in [0.3, 0.4) is 0 Å². The van der Waals surface area contributed by atoms with Crippen LogP contribution in [0.25, 0.3) is 10.2 Å². The number of aromatic nitrogens is 1. The predicted molar refractivity (Wildman–Crippen MR) is 114 cm³/mol. The van der Waals surface area contributed by atoms with E-state index in [1.807, 2.05) is 24.5 Å². The quantitative estimate of drug-likeness (QED) is 0.532. The molecular weight excluding hydrogens is 419 g/mol. The van der Waals surface area contributed by atoms with Crippen molar-refractivity contribution in [3.8, 4) is 5.75 Å². The van der Waals surface area contributed by atoms with Crippen LogP contribution >= 0.6 is 34.5 Å². The van der Waals surface area contributed by atoms with Gasteiger partial charge in [0.1, 0.15) is 5.75 Å². The molecule has 0 saturated carbocycles. The van der Waals surface area contributed by atoms with Crippen molar-refractivity contribution in [2.24, 2.45) is 4.99 Å². The smallest absolute Gasteiger partial charge is 0.279 e. The molecule has 148 valence electrons. The number of halogens is 2. The van der Waals surface area contributed by atoms with Gasteiger partial charge in [-0.2, -0.15) is 4.99 Å². The largest absolute Gasteiger partial charge is 0.491 e. The monoisotopic (exact) mass is 438 g/mol. The number of benzene rings is 2. The van der Waals surface area contributed by atoms with Gasteiger partial charge in [-0.3, -0.25) is 4.79 Å². The van der Waals surface area contributed by atoms with Gasteiger partial charge in [0.05, 0.1) is 33.0 Å². The van der Waals surface area contributed by atoms with Gasteiger partial charge in [-0.1, -0.05) is 34.5 Å². The average Bonchev–Trinajstić information content (AvgIpc) is 3.01. The molecule has 0 unspecified atom stereocenters. The molecular formula is C20H20Cl2N2O3S. The fourth-order valence-corrected chi connectivity index (χ4v) is 4.22. The average molecular weight is 439 g/mol. The number of hydrogen-bond acceptors (Lipinski definition) is 4. The second-order valence-electron chi connectivity index (χ2n) is 6.35. The molecule has 0 N–H and O–H groups in total. The fraction of sp³-hybridized carbons (Fsp3) is 0.300. The maximum absolute atomic E-state index is 12.7. The van der Waals surface area contributed by atoms with Gasteiger partial charge in [0.15, 0.2) is 4.80 Å². The van der Waals surface area contributed by atoms with Crippen molar-refractivity contribution in [2.45, 2.75) is 26.5 Å². The maximum atomic E-state index is 12.7. The van der Waals surface area contributed by atoms with Crippen LogP contribution in [0.5, 0.6) is 5.75 Å². The highest BCUT2D eigenvalue weighted by atomic mass is 35.5. The van der Waals surface area contributed by atoms with Crippen molar-refractivity contribution in [3.63, 3.8) is 0 Å². The van der Waals surface area contributed by atoms with Gasteiger partial charge in [-0.25, -0.2) is 0 Å². The minimum atomic E-state index is -0.337. The Morgan fingerprint density at radius 3 is 2.54 bits per heavy atom. The van der Waals surface area contributed by atoms with E-state index in [0.29, 0.717) is 39.3 Å². The summed E-state index contributed by atoms with van der Waals surface area (Å²) in [6.45, 7) is 4.86. The van der Waals surface area contributed by atoms with Crippen LogP contribution in [0.1, 0.15) is 24.2 Å². The molecule has 2 aromatic carbocycles. The van der Waals surface area contributed by atoms with Gasteiger partial charge in [-0.15, -0.1) is 0 Å².